The highest BCUT2D eigenvalue weighted by Gasteiger charge is 2.10. The Hall–Kier alpha value is -0.650. The lowest BCUT2D eigenvalue weighted by atomic mass is 10.0. The molecule has 0 aromatic heterocycles. The van der Waals surface area contributed by atoms with E-state index in [4.69, 9.17) is 0 Å². The van der Waals surface area contributed by atoms with Crippen molar-refractivity contribution < 1.29 is 4.92 Å². The van der Waals surface area contributed by atoms with Crippen LogP contribution in [-0.4, -0.2) is 4.92 Å². The van der Waals surface area contributed by atoms with E-state index < -0.39 is 0 Å². The molecular weight excluding hydrogens is 281 g/mol. The number of hydrogen-bond acceptors (Lipinski definition) is 2. The molecule has 3 nitrogen and oxygen atoms in total. The highest BCUT2D eigenvalue weighted by molar-refractivity contribution is 14.1. The number of benzene rings is 1. The molecule has 0 amide bonds. The second-order valence-corrected chi connectivity index (χ2v) is 4.15. The minimum atomic E-state index is -0.381. The standard InChI is InChI=1S/C9H9INO2/c1-6(2)7-3-8(10)5-9(4-7)11(12)13/h3-6H,1H2,2H3. The van der Waals surface area contributed by atoms with Gasteiger partial charge in [-0.05, 0) is 47.1 Å². The van der Waals surface area contributed by atoms with Crippen molar-refractivity contribution in [2.24, 2.45) is 0 Å². The molecule has 0 bridgehead atoms. The fraction of sp³-hybridized carbons (Fsp3) is 0.222. The number of non-ortho nitro benzene ring substituents is 1. The molecule has 0 saturated carbocycles. The van der Waals surface area contributed by atoms with Crippen molar-refractivity contribution in [2.45, 2.75) is 12.8 Å². The summed E-state index contributed by atoms with van der Waals surface area (Å²) in [4.78, 5) is 10.1. The fourth-order valence-corrected chi connectivity index (χ4v) is 1.66. The summed E-state index contributed by atoms with van der Waals surface area (Å²) >= 11 is 2.07. The number of rotatable bonds is 2. The normalized spacial score (nSPS) is 10.5. The van der Waals surface area contributed by atoms with Crippen LogP contribution < -0.4 is 0 Å². The van der Waals surface area contributed by atoms with Gasteiger partial charge in [0.25, 0.3) is 5.69 Å². The summed E-state index contributed by atoms with van der Waals surface area (Å²) < 4.78 is 0.873. The molecule has 0 aliphatic rings. The molecule has 4 heteroatoms. The zero-order chi connectivity index (χ0) is 10.0. The Bertz CT molecular complexity index is 336. The molecule has 1 aromatic rings. The second-order valence-electron chi connectivity index (χ2n) is 2.90. The minimum Gasteiger partial charge on any atom is -0.258 e. The first-order valence-corrected chi connectivity index (χ1v) is 4.86. The molecule has 0 spiro atoms. The quantitative estimate of drug-likeness (QED) is 0.477. The van der Waals surface area contributed by atoms with Crippen molar-refractivity contribution in [2.75, 3.05) is 0 Å². The van der Waals surface area contributed by atoms with Gasteiger partial charge < -0.3 is 0 Å². The Morgan fingerprint density at radius 1 is 1.54 bits per heavy atom. The molecule has 1 rings (SSSR count). The first-order chi connectivity index (χ1) is 6.00. The molecule has 1 aromatic carbocycles. The van der Waals surface area contributed by atoms with E-state index in [0.29, 0.717) is 0 Å². The number of nitro benzene ring substituents is 1. The van der Waals surface area contributed by atoms with Gasteiger partial charge >= 0.3 is 0 Å². The fourth-order valence-electron chi connectivity index (χ4n) is 0.986. The summed E-state index contributed by atoms with van der Waals surface area (Å²) in [6, 6.07) is 5.03. The monoisotopic (exact) mass is 290 g/mol. The molecule has 13 heavy (non-hydrogen) atoms. The Kier molecular flexibility index (Phi) is 3.24. The maximum atomic E-state index is 10.5. The average Bonchev–Trinajstić information content (AvgIpc) is 2.03. The number of nitrogens with zero attached hydrogens (tertiary/aromatic N) is 1. The van der Waals surface area contributed by atoms with Gasteiger partial charge in [0, 0.05) is 15.7 Å². The molecule has 69 valence electrons. The largest absolute Gasteiger partial charge is 0.270 e. The second kappa shape index (κ2) is 4.04. The molecule has 1 radical (unpaired) electrons. The van der Waals surface area contributed by atoms with Gasteiger partial charge in [0.1, 0.15) is 0 Å². The molecule has 0 N–H and O–H groups in total. The van der Waals surface area contributed by atoms with Gasteiger partial charge in [-0.2, -0.15) is 0 Å². The Morgan fingerprint density at radius 3 is 2.62 bits per heavy atom. The summed E-state index contributed by atoms with van der Waals surface area (Å²) in [7, 11) is 0. The third-order valence-electron chi connectivity index (χ3n) is 1.68. The van der Waals surface area contributed by atoms with Gasteiger partial charge in [0.05, 0.1) is 4.92 Å². The molecule has 0 aliphatic carbocycles. The summed E-state index contributed by atoms with van der Waals surface area (Å²) in [6.07, 6.45) is 0. The van der Waals surface area contributed by atoms with Crippen LogP contribution in [0, 0.1) is 20.6 Å². The van der Waals surface area contributed by atoms with Crippen LogP contribution in [0.4, 0.5) is 5.69 Å². The van der Waals surface area contributed by atoms with E-state index in [1.807, 2.05) is 13.0 Å². The Labute approximate surface area is 90.4 Å². The first kappa shape index (κ1) is 10.4. The number of halogens is 1. The topological polar surface area (TPSA) is 43.1 Å². The van der Waals surface area contributed by atoms with Crippen molar-refractivity contribution in [1.82, 2.24) is 0 Å². The Balaban J connectivity index is 3.19. The summed E-state index contributed by atoms with van der Waals surface area (Å²) in [5.41, 5.74) is 1.04. The molecular formula is C9H9INO2. The highest BCUT2D eigenvalue weighted by atomic mass is 127. The zero-order valence-electron chi connectivity index (χ0n) is 7.16. The molecule has 1 atom stereocenters. The van der Waals surface area contributed by atoms with E-state index >= 15 is 0 Å². The maximum Gasteiger partial charge on any atom is 0.270 e. The third kappa shape index (κ3) is 2.65. The Morgan fingerprint density at radius 2 is 2.15 bits per heavy atom. The minimum absolute atomic E-state index is 0.0772. The number of nitro groups is 1. The summed E-state index contributed by atoms with van der Waals surface area (Å²) in [5.74, 6) is 0.0772. The smallest absolute Gasteiger partial charge is 0.258 e. The maximum absolute atomic E-state index is 10.5. The van der Waals surface area contributed by atoms with Crippen LogP contribution in [0.3, 0.4) is 0 Å². The van der Waals surface area contributed by atoms with Gasteiger partial charge in [0.15, 0.2) is 0 Å². The zero-order valence-corrected chi connectivity index (χ0v) is 9.32. The van der Waals surface area contributed by atoms with Gasteiger partial charge in [-0.1, -0.05) is 6.92 Å². The summed E-state index contributed by atoms with van der Waals surface area (Å²) in [6.45, 7) is 5.74. The molecule has 1 unspecified atom stereocenters. The van der Waals surface area contributed by atoms with Gasteiger partial charge in [-0.25, -0.2) is 0 Å². The molecule has 0 heterocycles. The van der Waals surface area contributed by atoms with Crippen molar-refractivity contribution in [3.05, 3.63) is 44.4 Å². The van der Waals surface area contributed by atoms with Crippen molar-refractivity contribution in [3.63, 3.8) is 0 Å². The summed E-state index contributed by atoms with van der Waals surface area (Å²) in [5, 5.41) is 10.5. The lowest BCUT2D eigenvalue weighted by Gasteiger charge is -2.04. The van der Waals surface area contributed by atoms with E-state index in [0.717, 1.165) is 9.13 Å². The lowest BCUT2D eigenvalue weighted by Crippen LogP contribution is -1.93. The molecule has 0 saturated heterocycles. The van der Waals surface area contributed by atoms with Gasteiger partial charge in [-0.15, -0.1) is 0 Å². The van der Waals surface area contributed by atoms with Crippen LogP contribution >= 0.6 is 22.6 Å². The van der Waals surface area contributed by atoms with E-state index in [9.17, 15) is 10.1 Å². The molecule has 0 fully saturated rings. The average molecular weight is 290 g/mol. The van der Waals surface area contributed by atoms with E-state index in [-0.39, 0.29) is 16.5 Å². The highest BCUT2D eigenvalue weighted by Crippen LogP contribution is 2.23. The van der Waals surface area contributed by atoms with Crippen molar-refractivity contribution in [3.8, 4) is 0 Å². The number of hydrogen-bond donors (Lipinski definition) is 0. The SMILES string of the molecule is [CH2]C(C)c1cc(I)cc([N+](=O)[O-])c1. The third-order valence-corrected chi connectivity index (χ3v) is 2.31. The van der Waals surface area contributed by atoms with Crippen molar-refractivity contribution >= 4 is 28.3 Å². The predicted molar refractivity (Wildman–Crippen MR) is 59.6 cm³/mol. The van der Waals surface area contributed by atoms with E-state index in [1.165, 1.54) is 0 Å². The van der Waals surface area contributed by atoms with Crippen LogP contribution in [0.2, 0.25) is 0 Å². The lowest BCUT2D eigenvalue weighted by molar-refractivity contribution is -0.385. The van der Waals surface area contributed by atoms with Crippen LogP contribution in [0.15, 0.2) is 18.2 Å². The van der Waals surface area contributed by atoms with Crippen LogP contribution in [0.25, 0.3) is 0 Å². The van der Waals surface area contributed by atoms with Crippen LogP contribution in [-0.2, 0) is 0 Å². The van der Waals surface area contributed by atoms with Gasteiger partial charge in [0.2, 0.25) is 0 Å². The van der Waals surface area contributed by atoms with E-state index in [2.05, 4.69) is 29.5 Å². The predicted octanol–water partition coefficient (Wildman–Crippen LogP) is 3.14. The van der Waals surface area contributed by atoms with Crippen LogP contribution in [0.5, 0.6) is 0 Å². The first-order valence-electron chi connectivity index (χ1n) is 3.78. The van der Waals surface area contributed by atoms with Crippen LogP contribution in [0.1, 0.15) is 18.4 Å². The van der Waals surface area contributed by atoms with E-state index in [1.54, 1.807) is 12.1 Å². The van der Waals surface area contributed by atoms with Gasteiger partial charge in [-0.3, -0.25) is 10.1 Å². The molecule has 0 aliphatic heterocycles. The van der Waals surface area contributed by atoms with Crippen molar-refractivity contribution in [1.29, 1.82) is 0 Å².